The molecule has 108 valence electrons. The molecular weight excluding hydrogens is 316 g/mol. The van der Waals surface area contributed by atoms with Crippen molar-refractivity contribution >= 4 is 15.9 Å². The molecule has 20 heavy (non-hydrogen) atoms. The molecule has 0 radical (unpaired) electrons. The first-order valence-electron chi connectivity index (χ1n) is 7.04. The summed E-state index contributed by atoms with van der Waals surface area (Å²) in [5.41, 5.74) is 3.62. The van der Waals surface area contributed by atoms with Crippen LogP contribution in [0.25, 0.3) is 0 Å². The van der Waals surface area contributed by atoms with Crippen LogP contribution in [0.5, 0.6) is 0 Å². The van der Waals surface area contributed by atoms with Gasteiger partial charge in [0.25, 0.3) is 0 Å². The molecule has 2 heterocycles. The minimum absolute atomic E-state index is 0.131. The van der Waals surface area contributed by atoms with E-state index in [1.165, 1.54) is 16.8 Å². The van der Waals surface area contributed by atoms with Gasteiger partial charge in [-0.1, -0.05) is 13.8 Å². The van der Waals surface area contributed by atoms with Crippen LogP contribution in [0.1, 0.15) is 43.1 Å². The first-order chi connectivity index (χ1) is 9.69. The predicted octanol–water partition coefficient (Wildman–Crippen LogP) is 3.46. The van der Waals surface area contributed by atoms with Crippen molar-refractivity contribution in [2.45, 2.75) is 39.8 Å². The van der Waals surface area contributed by atoms with E-state index < -0.39 is 0 Å². The minimum atomic E-state index is 0.131. The molecule has 0 aromatic carbocycles. The van der Waals surface area contributed by atoms with Crippen molar-refractivity contribution in [3.05, 3.63) is 46.0 Å². The Morgan fingerprint density at radius 3 is 2.80 bits per heavy atom. The van der Waals surface area contributed by atoms with Gasteiger partial charge in [0.05, 0.1) is 22.4 Å². The van der Waals surface area contributed by atoms with Gasteiger partial charge in [0.1, 0.15) is 0 Å². The molecule has 2 rings (SSSR count). The number of pyridine rings is 1. The zero-order valence-electron chi connectivity index (χ0n) is 12.2. The Kier molecular flexibility index (Phi) is 5.31. The number of halogens is 1. The number of aromatic nitrogens is 3. The highest BCUT2D eigenvalue weighted by atomic mass is 79.9. The number of aryl methyl sites for hydroxylation is 2. The molecule has 0 bridgehead atoms. The molecule has 0 amide bonds. The molecule has 5 heteroatoms. The lowest BCUT2D eigenvalue weighted by molar-refractivity contribution is 0.518. The second-order valence-electron chi connectivity index (χ2n) is 4.82. The van der Waals surface area contributed by atoms with Crippen LogP contribution in [-0.2, 0) is 6.54 Å². The molecule has 0 fully saturated rings. The van der Waals surface area contributed by atoms with Crippen molar-refractivity contribution in [3.8, 4) is 0 Å². The van der Waals surface area contributed by atoms with Gasteiger partial charge in [0.15, 0.2) is 0 Å². The van der Waals surface area contributed by atoms with E-state index in [2.05, 4.69) is 62.8 Å². The standard InChI is InChI=1S/C15H21BrN4/c1-4-8-20-15(13(16)10-19-20)14(18-5-2)12-6-7-17-9-11(12)3/h6-7,9-10,14,18H,4-5,8H2,1-3H3. The quantitative estimate of drug-likeness (QED) is 0.878. The Labute approximate surface area is 128 Å². The van der Waals surface area contributed by atoms with Gasteiger partial charge in [0.2, 0.25) is 0 Å². The van der Waals surface area contributed by atoms with Gasteiger partial charge in [-0.2, -0.15) is 5.10 Å². The molecule has 1 unspecified atom stereocenters. The van der Waals surface area contributed by atoms with E-state index in [9.17, 15) is 0 Å². The van der Waals surface area contributed by atoms with E-state index in [0.29, 0.717) is 0 Å². The maximum atomic E-state index is 4.48. The molecule has 2 aromatic rings. The number of hydrogen-bond acceptors (Lipinski definition) is 3. The summed E-state index contributed by atoms with van der Waals surface area (Å²) < 4.78 is 3.13. The molecule has 0 aliphatic heterocycles. The van der Waals surface area contributed by atoms with Crippen LogP contribution in [0.3, 0.4) is 0 Å². The van der Waals surface area contributed by atoms with Crippen LogP contribution in [0.15, 0.2) is 29.1 Å². The van der Waals surface area contributed by atoms with E-state index in [1.54, 1.807) is 0 Å². The summed E-state index contributed by atoms with van der Waals surface area (Å²) in [5.74, 6) is 0. The zero-order chi connectivity index (χ0) is 14.5. The third kappa shape index (κ3) is 3.10. The largest absolute Gasteiger partial charge is 0.305 e. The lowest BCUT2D eigenvalue weighted by atomic mass is 10.0. The molecule has 0 aliphatic rings. The summed E-state index contributed by atoms with van der Waals surface area (Å²) >= 11 is 3.64. The highest BCUT2D eigenvalue weighted by molar-refractivity contribution is 9.10. The van der Waals surface area contributed by atoms with Crippen LogP contribution in [0.4, 0.5) is 0 Å². The molecule has 0 saturated heterocycles. The first-order valence-corrected chi connectivity index (χ1v) is 7.83. The summed E-state index contributed by atoms with van der Waals surface area (Å²) in [6.07, 6.45) is 6.70. The Hall–Kier alpha value is -1.20. The monoisotopic (exact) mass is 336 g/mol. The maximum absolute atomic E-state index is 4.48. The van der Waals surface area contributed by atoms with Crippen molar-refractivity contribution in [2.75, 3.05) is 6.54 Å². The van der Waals surface area contributed by atoms with E-state index in [1.807, 2.05) is 18.6 Å². The summed E-state index contributed by atoms with van der Waals surface area (Å²) in [5, 5.41) is 8.04. The van der Waals surface area contributed by atoms with Gasteiger partial charge in [-0.25, -0.2) is 0 Å². The van der Waals surface area contributed by atoms with E-state index in [0.717, 1.165) is 24.0 Å². The fourth-order valence-corrected chi connectivity index (χ4v) is 2.94. The minimum Gasteiger partial charge on any atom is -0.305 e. The second kappa shape index (κ2) is 6.99. The third-order valence-corrected chi connectivity index (χ3v) is 3.94. The molecule has 0 spiro atoms. The summed E-state index contributed by atoms with van der Waals surface area (Å²) in [6.45, 7) is 8.21. The van der Waals surface area contributed by atoms with Gasteiger partial charge in [0, 0.05) is 18.9 Å². The number of hydrogen-bond donors (Lipinski definition) is 1. The molecule has 0 aliphatic carbocycles. The smallest absolute Gasteiger partial charge is 0.0763 e. The number of nitrogens with one attached hydrogen (secondary N) is 1. The summed E-state index contributed by atoms with van der Waals surface area (Å²) in [6, 6.07) is 2.21. The summed E-state index contributed by atoms with van der Waals surface area (Å²) in [4.78, 5) is 4.19. The van der Waals surface area contributed by atoms with E-state index >= 15 is 0 Å². The summed E-state index contributed by atoms with van der Waals surface area (Å²) in [7, 11) is 0. The Morgan fingerprint density at radius 1 is 1.35 bits per heavy atom. The fourth-order valence-electron chi connectivity index (χ4n) is 2.42. The van der Waals surface area contributed by atoms with Crippen molar-refractivity contribution in [1.82, 2.24) is 20.1 Å². The molecule has 1 N–H and O–H groups in total. The molecule has 1 atom stereocenters. The van der Waals surface area contributed by atoms with Crippen molar-refractivity contribution in [3.63, 3.8) is 0 Å². The zero-order valence-corrected chi connectivity index (χ0v) is 13.8. The van der Waals surface area contributed by atoms with Crippen LogP contribution in [0.2, 0.25) is 0 Å². The SMILES string of the molecule is CCCn1ncc(Br)c1C(NCC)c1ccncc1C. The van der Waals surface area contributed by atoms with Gasteiger partial charge < -0.3 is 5.32 Å². The number of rotatable bonds is 6. The Balaban J connectivity index is 2.49. The lowest BCUT2D eigenvalue weighted by Crippen LogP contribution is -2.26. The molecule has 4 nitrogen and oxygen atoms in total. The van der Waals surface area contributed by atoms with E-state index in [-0.39, 0.29) is 6.04 Å². The average molecular weight is 337 g/mol. The fraction of sp³-hybridized carbons (Fsp3) is 0.467. The van der Waals surface area contributed by atoms with Gasteiger partial charge in [-0.05, 0) is 53.0 Å². The van der Waals surface area contributed by atoms with Crippen LogP contribution in [0, 0.1) is 6.92 Å². The van der Waals surface area contributed by atoms with Crippen LogP contribution in [-0.4, -0.2) is 21.3 Å². The van der Waals surface area contributed by atoms with Gasteiger partial charge >= 0.3 is 0 Å². The van der Waals surface area contributed by atoms with Gasteiger partial charge in [-0.3, -0.25) is 9.67 Å². The Bertz CT molecular complexity index is 565. The normalized spacial score (nSPS) is 12.6. The molecule has 0 saturated carbocycles. The molecule has 2 aromatic heterocycles. The van der Waals surface area contributed by atoms with Crippen molar-refractivity contribution < 1.29 is 0 Å². The topological polar surface area (TPSA) is 42.7 Å². The lowest BCUT2D eigenvalue weighted by Gasteiger charge is -2.22. The van der Waals surface area contributed by atoms with Crippen LogP contribution < -0.4 is 5.32 Å². The van der Waals surface area contributed by atoms with Crippen molar-refractivity contribution in [1.29, 1.82) is 0 Å². The highest BCUT2D eigenvalue weighted by Gasteiger charge is 2.22. The van der Waals surface area contributed by atoms with E-state index in [4.69, 9.17) is 0 Å². The third-order valence-electron chi connectivity index (χ3n) is 3.33. The number of nitrogens with zero attached hydrogens (tertiary/aromatic N) is 3. The van der Waals surface area contributed by atoms with Crippen molar-refractivity contribution in [2.24, 2.45) is 0 Å². The average Bonchev–Trinajstić information content (AvgIpc) is 2.79. The molecular formula is C15H21BrN4. The Morgan fingerprint density at radius 2 is 2.15 bits per heavy atom. The predicted molar refractivity (Wildman–Crippen MR) is 84.7 cm³/mol. The van der Waals surface area contributed by atoms with Gasteiger partial charge in [-0.15, -0.1) is 0 Å². The first kappa shape index (κ1) is 15.2. The second-order valence-corrected chi connectivity index (χ2v) is 5.68. The maximum Gasteiger partial charge on any atom is 0.0763 e. The van der Waals surface area contributed by atoms with Crippen LogP contribution >= 0.6 is 15.9 Å². The highest BCUT2D eigenvalue weighted by Crippen LogP contribution is 2.30.